The van der Waals surface area contributed by atoms with Crippen molar-refractivity contribution in [3.8, 4) is 0 Å². The molecule has 2 unspecified atom stereocenters. The van der Waals surface area contributed by atoms with Crippen LogP contribution in [-0.4, -0.2) is 6.18 Å². The Morgan fingerprint density at radius 1 is 0.778 bits per heavy atom. The molecule has 0 aromatic rings. The van der Waals surface area contributed by atoms with Crippen molar-refractivity contribution < 1.29 is 13.2 Å². The second-order valence-corrected chi connectivity index (χ2v) is 7.59. The number of alkyl halides is 3. The highest BCUT2D eigenvalue weighted by atomic mass is 19.4. The lowest BCUT2D eigenvalue weighted by Crippen LogP contribution is -2.32. The van der Waals surface area contributed by atoms with E-state index in [9.17, 15) is 13.2 Å². The molecule has 0 aliphatic carbocycles. The quantitative estimate of drug-likeness (QED) is 0.580. The van der Waals surface area contributed by atoms with Crippen LogP contribution in [0.25, 0.3) is 0 Å². The van der Waals surface area contributed by atoms with Gasteiger partial charge in [0.1, 0.15) is 0 Å². The molecule has 0 nitrogen and oxygen atoms in total. The van der Waals surface area contributed by atoms with Crippen molar-refractivity contribution in [1.82, 2.24) is 0 Å². The summed E-state index contributed by atoms with van der Waals surface area (Å²) < 4.78 is 38.1. The minimum atomic E-state index is -4.06. The summed E-state index contributed by atoms with van der Waals surface area (Å²) in [4.78, 5) is 0. The van der Waals surface area contributed by atoms with Crippen LogP contribution in [-0.2, 0) is 0 Å². The summed E-state index contributed by atoms with van der Waals surface area (Å²) in [5.41, 5.74) is -0.224. The Bertz CT molecular complexity index is 240. The van der Waals surface area contributed by atoms with E-state index in [1.165, 1.54) is 0 Å². The molecule has 0 aliphatic heterocycles. The molecule has 2 atom stereocenters. The normalized spacial score (nSPS) is 17.7. The largest absolute Gasteiger partial charge is 0.389 e. The van der Waals surface area contributed by atoms with Gasteiger partial charge in [0.25, 0.3) is 0 Å². The monoisotopic (exact) mass is 266 g/mol. The molecule has 0 aromatic carbocycles. The Morgan fingerprint density at radius 2 is 1.17 bits per heavy atom. The highest BCUT2D eigenvalue weighted by Gasteiger charge is 2.39. The molecule has 0 saturated carbocycles. The predicted molar refractivity (Wildman–Crippen MR) is 71.5 cm³/mol. The molecule has 18 heavy (non-hydrogen) atoms. The minimum Gasteiger partial charge on any atom is -0.171 e. The lowest BCUT2D eigenvalue weighted by Gasteiger charge is -2.38. The van der Waals surface area contributed by atoms with E-state index in [-0.39, 0.29) is 16.7 Å². The van der Waals surface area contributed by atoms with Crippen molar-refractivity contribution in [2.75, 3.05) is 0 Å². The number of hydrogen-bond acceptors (Lipinski definition) is 0. The lowest BCUT2D eigenvalue weighted by molar-refractivity contribution is -0.155. The first-order valence-electron chi connectivity index (χ1n) is 6.84. The summed E-state index contributed by atoms with van der Waals surface area (Å²) in [5, 5.41) is 0. The van der Waals surface area contributed by atoms with Crippen LogP contribution >= 0.6 is 0 Å². The van der Waals surface area contributed by atoms with E-state index < -0.39 is 12.6 Å². The maximum absolute atomic E-state index is 12.7. The fourth-order valence-electron chi connectivity index (χ4n) is 2.50. The summed E-state index contributed by atoms with van der Waals surface area (Å²) in [6.45, 7) is 14.2. The van der Waals surface area contributed by atoms with Crippen molar-refractivity contribution in [2.45, 2.75) is 73.9 Å². The zero-order chi connectivity index (χ0) is 14.8. The molecule has 0 heterocycles. The molecule has 0 fully saturated rings. The van der Waals surface area contributed by atoms with Crippen LogP contribution in [0.4, 0.5) is 13.2 Å². The van der Waals surface area contributed by atoms with Crippen molar-refractivity contribution in [1.29, 1.82) is 0 Å². The number of hydrogen-bond donors (Lipinski definition) is 0. The SMILES string of the molecule is CCC(CC(CC(F)(F)F)C(C)(C)C)C(C)(C)C. The topological polar surface area (TPSA) is 0 Å². The standard InChI is InChI=1S/C15H29F3/c1-8-11(13(2,3)4)9-12(14(5,6)7)10-15(16,17)18/h11-12H,8-10H2,1-7H3. The molecule has 3 heteroatoms. The first-order chi connectivity index (χ1) is 7.77. The summed E-state index contributed by atoms with van der Waals surface area (Å²) >= 11 is 0. The molecular weight excluding hydrogens is 237 g/mol. The molecule has 0 amide bonds. The summed E-state index contributed by atoms with van der Waals surface area (Å²) in [7, 11) is 0. The zero-order valence-electron chi connectivity index (χ0n) is 12.9. The Morgan fingerprint density at radius 3 is 1.39 bits per heavy atom. The average molecular weight is 266 g/mol. The number of halogens is 3. The van der Waals surface area contributed by atoms with E-state index in [0.717, 1.165) is 6.42 Å². The maximum Gasteiger partial charge on any atom is 0.389 e. The third-order valence-corrected chi connectivity index (χ3v) is 3.99. The molecule has 0 spiro atoms. The Labute approximate surface area is 110 Å². The molecule has 0 saturated heterocycles. The summed E-state index contributed by atoms with van der Waals surface area (Å²) in [6.07, 6.45) is -3.13. The Kier molecular flexibility index (Phi) is 5.76. The zero-order valence-corrected chi connectivity index (χ0v) is 12.9. The van der Waals surface area contributed by atoms with Crippen molar-refractivity contribution in [3.63, 3.8) is 0 Å². The predicted octanol–water partition coefficient (Wildman–Crippen LogP) is 6.06. The van der Waals surface area contributed by atoms with Crippen molar-refractivity contribution >= 4 is 0 Å². The van der Waals surface area contributed by atoms with Crippen LogP contribution in [0.2, 0.25) is 0 Å². The highest BCUT2D eigenvalue weighted by Crippen LogP contribution is 2.43. The van der Waals surface area contributed by atoms with Gasteiger partial charge in [-0.15, -0.1) is 0 Å². The molecule has 0 radical (unpaired) electrons. The van der Waals surface area contributed by atoms with Crippen LogP contribution in [0.1, 0.15) is 67.7 Å². The van der Waals surface area contributed by atoms with E-state index in [1.807, 2.05) is 20.8 Å². The average Bonchev–Trinajstić information content (AvgIpc) is 2.05. The fourth-order valence-corrected chi connectivity index (χ4v) is 2.50. The molecule has 0 bridgehead atoms. The van der Waals surface area contributed by atoms with Gasteiger partial charge in [0.05, 0.1) is 0 Å². The van der Waals surface area contributed by atoms with Gasteiger partial charge in [-0.25, -0.2) is 0 Å². The summed E-state index contributed by atoms with van der Waals surface area (Å²) in [6, 6.07) is 0. The maximum atomic E-state index is 12.7. The molecule has 0 aliphatic rings. The Balaban J connectivity index is 4.90. The molecule has 110 valence electrons. The van der Waals surface area contributed by atoms with Crippen LogP contribution in [0.3, 0.4) is 0 Å². The van der Waals surface area contributed by atoms with E-state index in [4.69, 9.17) is 0 Å². The fraction of sp³-hybridized carbons (Fsp3) is 1.00. The minimum absolute atomic E-state index is 0.0733. The van der Waals surface area contributed by atoms with Crippen LogP contribution in [0.5, 0.6) is 0 Å². The van der Waals surface area contributed by atoms with Gasteiger partial charge in [0.2, 0.25) is 0 Å². The molecule has 0 aromatic heterocycles. The lowest BCUT2D eigenvalue weighted by atomic mass is 9.67. The van der Waals surface area contributed by atoms with Gasteiger partial charge >= 0.3 is 6.18 Å². The first kappa shape index (κ1) is 17.8. The van der Waals surface area contributed by atoms with Crippen LogP contribution in [0, 0.1) is 22.7 Å². The first-order valence-corrected chi connectivity index (χ1v) is 6.84. The van der Waals surface area contributed by atoms with E-state index in [0.29, 0.717) is 12.3 Å². The molecule has 0 rings (SSSR count). The van der Waals surface area contributed by atoms with Gasteiger partial charge in [-0.05, 0) is 29.1 Å². The van der Waals surface area contributed by atoms with Gasteiger partial charge < -0.3 is 0 Å². The number of rotatable bonds is 4. The third-order valence-electron chi connectivity index (χ3n) is 3.99. The van der Waals surface area contributed by atoms with Crippen molar-refractivity contribution in [2.24, 2.45) is 22.7 Å². The Hall–Kier alpha value is -0.210. The smallest absolute Gasteiger partial charge is 0.171 e. The van der Waals surface area contributed by atoms with E-state index >= 15 is 0 Å². The summed E-state index contributed by atoms with van der Waals surface area (Å²) in [5.74, 6) is 0.0331. The second-order valence-electron chi connectivity index (χ2n) is 7.59. The van der Waals surface area contributed by atoms with Crippen molar-refractivity contribution in [3.05, 3.63) is 0 Å². The second kappa shape index (κ2) is 5.83. The highest BCUT2D eigenvalue weighted by molar-refractivity contribution is 4.83. The molecular formula is C15H29F3. The van der Waals surface area contributed by atoms with Crippen LogP contribution in [0.15, 0.2) is 0 Å². The van der Waals surface area contributed by atoms with Gasteiger partial charge in [-0.2, -0.15) is 13.2 Å². The molecule has 0 N–H and O–H groups in total. The van der Waals surface area contributed by atoms with Gasteiger partial charge in [0, 0.05) is 6.42 Å². The van der Waals surface area contributed by atoms with E-state index in [2.05, 4.69) is 27.7 Å². The van der Waals surface area contributed by atoms with Gasteiger partial charge in [-0.1, -0.05) is 54.9 Å². The van der Waals surface area contributed by atoms with E-state index in [1.54, 1.807) is 0 Å². The van der Waals surface area contributed by atoms with Crippen LogP contribution < -0.4 is 0 Å². The third kappa shape index (κ3) is 6.65. The van der Waals surface area contributed by atoms with Gasteiger partial charge in [-0.3, -0.25) is 0 Å². The van der Waals surface area contributed by atoms with Gasteiger partial charge in [0.15, 0.2) is 0 Å².